The Balaban J connectivity index is 1.71. The van der Waals surface area contributed by atoms with Gasteiger partial charge in [0.1, 0.15) is 12.4 Å². The molecule has 0 saturated carbocycles. The van der Waals surface area contributed by atoms with Crippen LogP contribution in [0.25, 0.3) is 0 Å². The van der Waals surface area contributed by atoms with Crippen LogP contribution in [-0.4, -0.2) is 32.7 Å². The van der Waals surface area contributed by atoms with E-state index in [1.54, 1.807) is 14.1 Å². The molecule has 0 fully saturated rings. The normalized spacial score (nSPS) is 11.4. The quantitative estimate of drug-likeness (QED) is 0.237. The highest BCUT2D eigenvalue weighted by molar-refractivity contribution is 5.91. The summed E-state index contributed by atoms with van der Waals surface area (Å²) < 4.78 is 6.07. The smallest absolute Gasteiger partial charge is 0.319 e. The minimum absolute atomic E-state index is 0.128. The van der Waals surface area contributed by atoms with Crippen LogP contribution in [0, 0.1) is 0 Å². The van der Waals surface area contributed by atoms with E-state index >= 15 is 0 Å². The summed E-state index contributed by atoms with van der Waals surface area (Å²) in [6, 6.07) is 23.1. The average molecular weight is 518 g/mol. The van der Waals surface area contributed by atoms with Gasteiger partial charge in [-0.05, 0) is 60.3 Å². The fraction of sp³-hybridized carbons (Fsp3) is 0.333. The molecule has 0 heterocycles. The molecule has 0 aliphatic carbocycles. The van der Waals surface area contributed by atoms with Gasteiger partial charge in [-0.2, -0.15) is 0 Å². The van der Waals surface area contributed by atoms with Crippen molar-refractivity contribution in [2.75, 3.05) is 30.9 Å². The minimum atomic E-state index is -0.486. The van der Waals surface area contributed by atoms with E-state index in [9.17, 15) is 9.59 Å². The second-order valence-electron chi connectivity index (χ2n) is 9.20. The van der Waals surface area contributed by atoms with Gasteiger partial charge in [0.15, 0.2) is 0 Å². The van der Waals surface area contributed by atoms with Crippen molar-refractivity contribution in [3.63, 3.8) is 0 Å². The highest BCUT2D eigenvalue weighted by Gasteiger charge is 2.15. The van der Waals surface area contributed by atoms with Crippen molar-refractivity contribution in [2.24, 2.45) is 5.73 Å². The Morgan fingerprint density at radius 3 is 2.39 bits per heavy atom. The summed E-state index contributed by atoms with van der Waals surface area (Å²) in [6.07, 6.45) is 3.98. The molecule has 0 aliphatic rings. The molecule has 0 aliphatic heterocycles. The van der Waals surface area contributed by atoms with Crippen LogP contribution in [0.15, 0.2) is 72.8 Å². The molecule has 0 bridgehead atoms. The Kier molecular flexibility index (Phi) is 11.0. The number of hydrogen-bond acceptors (Lipinski definition) is 4. The maximum absolute atomic E-state index is 12.2. The molecule has 0 radical (unpaired) electrons. The molecular formula is C30H39N5O3. The third kappa shape index (κ3) is 8.52. The van der Waals surface area contributed by atoms with Crippen LogP contribution in [0.1, 0.15) is 48.9 Å². The lowest BCUT2D eigenvalue weighted by molar-refractivity contribution is 0.253. The second-order valence-corrected chi connectivity index (χ2v) is 9.20. The lowest BCUT2D eigenvalue weighted by Gasteiger charge is -2.22. The molecule has 38 heavy (non-hydrogen) atoms. The summed E-state index contributed by atoms with van der Waals surface area (Å²) in [7, 11) is 3.25. The predicted molar refractivity (Wildman–Crippen MR) is 154 cm³/mol. The van der Waals surface area contributed by atoms with Gasteiger partial charge < -0.3 is 26.4 Å². The molecule has 3 aromatic rings. The van der Waals surface area contributed by atoms with Crippen LogP contribution in [0.2, 0.25) is 0 Å². The number of primary amides is 1. The van der Waals surface area contributed by atoms with Gasteiger partial charge in [0.25, 0.3) is 0 Å². The zero-order valence-electron chi connectivity index (χ0n) is 22.5. The lowest BCUT2D eigenvalue weighted by Crippen LogP contribution is -2.31. The Bertz CT molecular complexity index is 1170. The second kappa shape index (κ2) is 14.6. The molecule has 8 nitrogen and oxygen atoms in total. The summed E-state index contributed by atoms with van der Waals surface area (Å²) in [6.45, 7) is 3.37. The standard InChI is InChI=1S/C30H39N5O3/c1-4-5-11-26(33-19-18-22-12-15-25(16-13-22)35(3)29(31)36)24-14-17-28(27(20-24)34-30(37)32-2)38-21-23-9-7-6-8-10-23/h6-10,12-17,20,26,33H,4-5,11,18-19,21H2,1-3H3,(H2,31,36)(H2,32,34,37). The van der Waals surface area contributed by atoms with E-state index in [0.717, 1.165) is 49.0 Å². The summed E-state index contributed by atoms with van der Waals surface area (Å²) in [5.74, 6) is 0.622. The summed E-state index contributed by atoms with van der Waals surface area (Å²) >= 11 is 0. The largest absolute Gasteiger partial charge is 0.487 e. The SMILES string of the molecule is CCCCC(NCCc1ccc(N(C)C(N)=O)cc1)c1ccc(OCc2ccccc2)c(NC(=O)NC)c1. The van der Waals surface area contributed by atoms with E-state index in [1.165, 1.54) is 10.5 Å². The molecule has 1 unspecified atom stereocenters. The Labute approximate surface area is 225 Å². The van der Waals surface area contributed by atoms with Crippen molar-refractivity contribution in [1.29, 1.82) is 0 Å². The zero-order valence-corrected chi connectivity index (χ0v) is 22.5. The average Bonchev–Trinajstić information content (AvgIpc) is 2.94. The summed E-state index contributed by atoms with van der Waals surface area (Å²) in [5, 5.41) is 9.22. The highest BCUT2D eigenvalue weighted by Crippen LogP contribution is 2.31. The highest BCUT2D eigenvalue weighted by atomic mass is 16.5. The molecule has 0 spiro atoms. The molecule has 202 valence electrons. The van der Waals surface area contributed by atoms with Gasteiger partial charge in [-0.3, -0.25) is 4.90 Å². The van der Waals surface area contributed by atoms with Crippen molar-refractivity contribution >= 4 is 23.4 Å². The number of nitrogens with zero attached hydrogens (tertiary/aromatic N) is 1. The van der Waals surface area contributed by atoms with Gasteiger partial charge >= 0.3 is 12.1 Å². The van der Waals surface area contributed by atoms with E-state index in [4.69, 9.17) is 10.5 Å². The number of nitrogens with one attached hydrogen (secondary N) is 3. The van der Waals surface area contributed by atoms with Crippen LogP contribution in [0.3, 0.4) is 0 Å². The first-order chi connectivity index (χ1) is 18.4. The third-order valence-corrected chi connectivity index (χ3v) is 6.42. The molecule has 0 aromatic heterocycles. The first-order valence-corrected chi connectivity index (χ1v) is 13.1. The lowest BCUT2D eigenvalue weighted by atomic mass is 9.99. The number of rotatable bonds is 13. The van der Waals surface area contributed by atoms with Crippen LogP contribution < -0.4 is 31.3 Å². The van der Waals surface area contributed by atoms with Gasteiger partial charge in [0, 0.05) is 25.8 Å². The summed E-state index contributed by atoms with van der Waals surface area (Å²) in [4.78, 5) is 25.0. The van der Waals surface area contributed by atoms with E-state index < -0.39 is 6.03 Å². The van der Waals surface area contributed by atoms with Gasteiger partial charge in [0.2, 0.25) is 0 Å². The molecule has 8 heteroatoms. The van der Waals surface area contributed by atoms with Crippen molar-refractivity contribution in [2.45, 2.75) is 45.3 Å². The van der Waals surface area contributed by atoms with Gasteiger partial charge in [-0.1, -0.05) is 68.3 Å². The van der Waals surface area contributed by atoms with Crippen LogP contribution >= 0.6 is 0 Å². The third-order valence-electron chi connectivity index (χ3n) is 6.42. The summed E-state index contributed by atoms with van der Waals surface area (Å²) in [5.41, 5.74) is 10.1. The van der Waals surface area contributed by atoms with Crippen molar-refractivity contribution < 1.29 is 14.3 Å². The van der Waals surface area contributed by atoms with E-state index in [0.29, 0.717) is 18.0 Å². The molecule has 3 rings (SSSR count). The van der Waals surface area contributed by atoms with Crippen molar-refractivity contribution in [3.8, 4) is 5.75 Å². The van der Waals surface area contributed by atoms with E-state index in [-0.39, 0.29) is 12.1 Å². The van der Waals surface area contributed by atoms with Gasteiger partial charge in [-0.15, -0.1) is 0 Å². The molecule has 4 amide bonds. The van der Waals surface area contributed by atoms with Gasteiger partial charge in [0.05, 0.1) is 5.69 Å². The monoisotopic (exact) mass is 517 g/mol. The number of ether oxygens (including phenoxy) is 1. The first-order valence-electron chi connectivity index (χ1n) is 13.1. The number of amides is 4. The Hall–Kier alpha value is -4.04. The zero-order chi connectivity index (χ0) is 27.3. The Morgan fingerprint density at radius 2 is 1.74 bits per heavy atom. The molecule has 3 aromatic carbocycles. The van der Waals surface area contributed by atoms with Gasteiger partial charge in [-0.25, -0.2) is 9.59 Å². The van der Waals surface area contributed by atoms with Crippen molar-refractivity contribution in [1.82, 2.24) is 10.6 Å². The number of carbonyl (C=O) groups is 2. The maximum atomic E-state index is 12.2. The number of hydrogen-bond donors (Lipinski definition) is 4. The first kappa shape index (κ1) is 28.5. The fourth-order valence-corrected chi connectivity index (χ4v) is 4.11. The number of anilines is 2. The van der Waals surface area contributed by atoms with E-state index in [2.05, 4.69) is 28.9 Å². The maximum Gasteiger partial charge on any atom is 0.319 e. The van der Waals surface area contributed by atoms with Crippen LogP contribution in [0.5, 0.6) is 5.75 Å². The number of benzene rings is 3. The number of carbonyl (C=O) groups excluding carboxylic acids is 2. The molecular weight excluding hydrogens is 478 g/mol. The van der Waals surface area contributed by atoms with E-state index in [1.807, 2.05) is 66.7 Å². The van der Waals surface area contributed by atoms with Crippen LogP contribution in [0.4, 0.5) is 21.0 Å². The number of urea groups is 2. The fourth-order valence-electron chi connectivity index (χ4n) is 4.11. The predicted octanol–water partition coefficient (Wildman–Crippen LogP) is 5.60. The number of unbranched alkanes of at least 4 members (excludes halogenated alkanes) is 1. The minimum Gasteiger partial charge on any atom is -0.487 e. The molecule has 0 saturated heterocycles. The Morgan fingerprint density at radius 1 is 1.00 bits per heavy atom. The molecule has 1 atom stereocenters. The topological polar surface area (TPSA) is 109 Å². The number of nitrogens with two attached hydrogens (primary N) is 1. The van der Waals surface area contributed by atoms with Crippen molar-refractivity contribution in [3.05, 3.63) is 89.5 Å². The molecule has 5 N–H and O–H groups in total. The van der Waals surface area contributed by atoms with Crippen LogP contribution in [-0.2, 0) is 13.0 Å².